The normalized spacial score (nSPS) is 57.4. The number of anilines is 1. The van der Waals surface area contributed by atoms with E-state index in [1.54, 1.807) is 0 Å². The van der Waals surface area contributed by atoms with Gasteiger partial charge in [0.1, 0.15) is 0 Å². The summed E-state index contributed by atoms with van der Waals surface area (Å²) < 4.78 is 14.7. The SMILES string of the molecule is c1ccc(N2C3CCCC4OC5CCCC6OC7C8CCC9CCCC%10CCC(C8C9%10)C2C7P(C56)C43)cc1. The smallest absolute Gasteiger partial charge is 0.0697 e. The van der Waals surface area contributed by atoms with E-state index >= 15 is 0 Å². The maximum Gasteiger partial charge on any atom is 0.0697 e. The van der Waals surface area contributed by atoms with Crippen molar-refractivity contribution in [2.75, 3.05) is 4.90 Å². The molecule has 1 aromatic carbocycles. The number of ether oxygens (including phenoxy) is 2. The molecule has 0 radical (unpaired) electrons. The van der Waals surface area contributed by atoms with Crippen molar-refractivity contribution in [2.24, 2.45) is 35.5 Å². The van der Waals surface area contributed by atoms with Crippen molar-refractivity contribution in [3.05, 3.63) is 30.3 Å². The summed E-state index contributed by atoms with van der Waals surface area (Å²) in [5.74, 6) is 5.76. The molecule has 0 N–H and O–H groups in total. The first-order valence-electron chi connectivity index (χ1n) is 16.8. The van der Waals surface area contributed by atoms with Gasteiger partial charge >= 0.3 is 0 Å². The lowest BCUT2D eigenvalue weighted by molar-refractivity contribution is -0.186. The van der Waals surface area contributed by atoms with E-state index in [2.05, 4.69) is 35.2 Å². The predicted molar refractivity (Wildman–Crippen MR) is 153 cm³/mol. The molecule has 16 atom stereocenters. The number of hydrogen-bond donors (Lipinski definition) is 0. The number of para-hydroxylation sites is 1. The second-order valence-corrected chi connectivity index (χ2v) is 17.7. The van der Waals surface area contributed by atoms with Gasteiger partial charge in [-0.2, -0.15) is 0 Å². The number of fused-ring (bicyclic) bond motifs is 2. The molecule has 38 heavy (non-hydrogen) atoms. The van der Waals surface area contributed by atoms with Crippen LogP contribution in [0.15, 0.2) is 30.3 Å². The molecule has 10 rings (SSSR count). The van der Waals surface area contributed by atoms with E-state index in [1.807, 2.05) is 0 Å². The molecule has 6 aliphatic carbocycles. The lowest BCUT2D eigenvalue weighted by Crippen LogP contribution is -2.77. The average molecular weight is 532 g/mol. The molecule has 1 aromatic rings. The maximum absolute atomic E-state index is 7.56. The largest absolute Gasteiger partial charge is 0.373 e. The number of rotatable bonds is 1. The lowest BCUT2D eigenvalue weighted by atomic mass is 9.46. The van der Waals surface area contributed by atoms with E-state index in [1.165, 1.54) is 89.2 Å². The molecule has 3 heterocycles. The van der Waals surface area contributed by atoms with Crippen molar-refractivity contribution in [1.82, 2.24) is 0 Å². The Morgan fingerprint density at radius 1 is 0.605 bits per heavy atom. The zero-order chi connectivity index (χ0) is 24.5. The molecule has 0 spiro atoms. The van der Waals surface area contributed by atoms with Gasteiger partial charge in [-0.05, 0) is 112 Å². The van der Waals surface area contributed by atoms with Gasteiger partial charge in [0.15, 0.2) is 0 Å². The monoisotopic (exact) mass is 531 g/mol. The van der Waals surface area contributed by atoms with Crippen LogP contribution in [0.5, 0.6) is 0 Å². The summed E-state index contributed by atoms with van der Waals surface area (Å²) in [4.78, 5) is 3.09. The van der Waals surface area contributed by atoms with E-state index in [9.17, 15) is 0 Å². The Balaban J connectivity index is 1.17. The molecular weight excluding hydrogens is 485 g/mol. The van der Waals surface area contributed by atoms with Gasteiger partial charge in [0, 0.05) is 34.7 Å². The Morgan fingerprint density at radius 3 is 2.11 bits per heavy atom. The molecule has 204 valence electrons. The summed E-state index contributed by atoms with van der Waals surface area (Å²) in [6, 6.07) is 13.2. The van der Waals surface area contributed by atoms with Gasteiger partial charge in [-0.1, -0.05) is 45.4 Å². The number of hydrogen-bond acceptors (Lipinski definition) is 3. The Morgan fingerprint density at radius 2 is 1.29 bits per heavy atom. The van der Waals surface area contributed by atoms with E-state index < -0.39 is 0 Å². The van der Waals surface area contributed by atoms with Crippen molar-refractivity contribution in [3.63, 3.8) is 0 Å². The van der Waals surface area contributed by atoms with Crippen LogP contribution in [-0.4, -0.2) is 53.5 Å². The molecule has 0 bridgehead atoms. The van der Waals surface area contributed by atoms with Crippen molar-refractivity contribution in [1.29, 1.82) is 0 Å². The van der Waals surface area contributed by atoms with Crippen LogP contribution in [0.25, 0.3) is 0 Å². The standard InChI is InChI=1S/C34H46NO2P/c1-2-9-21(10-3-1)35-24-11-5-12-25-32(24)38-33-26(36-25)13-6-14-27(33)37-31-23-18-16-20-8-4-7-19-15-17-22(29(23)28(19)20)30(35)34(31)38/h1-3,9-10,19-20,22-34H,4-8,11-18H2. The molecule has 6 saturated carbocycles. The molecule has 16 unspecified atom stereocenters. The first-order chi connectivity index (χ1) is 18.9. The van der Waals surface area contributed by atoms with E-state index in [4.69, 9.17) is 9.47 Å². The van der Waals surface area contributed by atoms with Crippen LogP contribution in [-0.2, 0) is 9.47 Å². The molecule has 3 saturated heterocycles. The summed E-state index contributed by atoms with van der Waals surface area (Å²) >= 11 is 0. The summed E-state index contributed by atoms with van der Waals surface area (Å²) in [5.41, 5.74) is 3.84. The topological polar surface area (TPSA) is 21.7 Å². The lowest BCUT2D eigenvalue weighted by Gasteiger charge is -2.74. The van der Waals surface area contributed by atoms with Gasteiger partial charge in [0.2, 0.25) is 0 Å². The quantitative estimate of drug-likeness (QED) is 0.357. The van der Waals surface area contributed by atoms with Crippen LogP contribution >= 0.6 is 7.92 Å². The second-order valence-electron chi connectivity index (χ2n) is 15.0. The minimum absolute atomic E-state index is 0.0591. The Bertz CT molecular complexity index is 1080. The van der Waals surface area contributed by atoms with E-state index in [-0.39, 0.29) is 7.92 Å². The van der Waals surface area contributed by atoms with Gasteiger partial charge in [-0.25, -0.2) is 0 Å². The van der Waals surface area contributed by atoms with Gasteiger partial charge in [0.25, 0.3) is 0 Å². The van der Waals surface area contributed by atoms with Crippen LogP contribution in [0.3, 0.4) is 0 Å². The molecular formula is C34H46NO2P. The summed E-state index contributed by atoms with van der Waals surface area (Å²) in [6.07, 6.45) is 20.7. The molecule has 9 fully saturated rings. The summed E-state index contributed by atoms with van der Waals surface area (Å²) in [7, 11) is -0.0591. The first kappa shape index (κ1) is 23.0. The molecule has 9 aliphatic rings. The van der Waals surface area contributed by atoms with E-state index in [0.29, 0.717) is 30.5 Å². The van der Waals surface area contributed by atoms with Crippen LogP contribution in [0.2, 0.25) is 0 Å². The molecule has 3 aliphatic heterocycles. The highest BCUT2D eigenvalue weighted by Gasteiger charge is 2.71. The van der Waals surface area contributed by atoms with Gasteiger partial charge in [-0.3, -0.25) is 0 Å². The highest BCUT2D eigenvalue weighted by Crippen LogP contribution is 2.75. The zero-order valence-electron chi connectivity index (χ0n) is 23.0. The fraction of sp³-hybridized carbons (Fsp3) is 0.824. The molecule has 0 amide bonds. The molecule has 0 aromatic heterocycles. The maximum atomic E-state index is 7.56. The fourth-order valence-electron chi connectivity index (χ4n) is 13.1. The minimum Gasteiger partial charge on any atom is -0.373 e. The minimum atomic E-state index is -0.0591. The number of benzene rings is 1. The highest BCUT2D eigenvalue weighted by molar-refractivity contribution is 7.60. The third-order valence-corrected chi connectivity index (χ3v) is 17.9. The van der Waals surface area contributed by atoms with E-state index in [0.717, 1.165) is 58.5 Å². The summed E-state index contributed by atoms with van der Waals surface area (Å²) in [6.45, 7) is 0. The third kappa shape index (κ3) is 2.93. The van der Waals surface area contributed by atoms with Crippen molar-refractivity contribution < 1.29 is 9.47 Å². The molecule has 3 nitrogen and oxygen atoms in total. The van der Waals surface area contributed by atoms with Crippen LogP contribution in [0.1, 0.15) is 83.5 Å². The van der Waals surface area contributed by atoms with Crippen LogP contribution in [0, 0.1) is 35.5 Å². The third-order valence-electron chi connectivity index (χ3n) is 13.9. The first-order valence-corrected chi connectivity index (χ1v) is 18.3. The predicted octanol–water partition coefficient (Wildman–Crippen LogP) is 7.22. The average Bonchev–Trinajstić information content (AvgIpc) is 2.97. The summed E-state index contributed by atoms with van der Waals surface area (Å²) in [5, 5.41) is 0. The van der Waals surface area contributed by atoms with Crippen LogP contribution < -0.4 is 4.90 Å². The zero-order valence-corrected chi connectivity index (χ0v) is 23.8. The second kappa shape index (κ2) is 8.45. The van der Waals surface area contributed by atoms with Gasteiger partial charge in [-0.15, -0.1) is 0 Å². The Hall–Kier alpha value is -0.630. The van der Waals surface area contributed by atoms with Crippen molar-refractivity contribution in [3.8, 4) is 0 Å². The van der Waals surface area contributed by atoms with Gasteiger partial charge < -0.3 is 14.4 Å². The Kier molecular flexibility index (Phi) is 5.11. The Labute approximate surface area is 230 Å². The van der Waals surface area contributed by atoms with Crippen LogP contribution in [0.4, 0.5) is 5.69 Å². The van der Waals surface area contributed by atoms with Crippen molar-refractivity contribution >= 4 is 13.6 Å². The molecule has 4 heteroatoms. The fourth-order valence-corrected chi connectivity index (χ4v) is 18.2. The number of nitrogens with zero attached hydrogens (tertiary/aromatic N) is 1. The van der Waals surface area contributed by atoms with Crippen molar-refractivity contribution in [2.45, 2.75) is 137 Å². The van der Waals surface area contributed by atoms with Gasteiger partial charge in [0.05, 0.1) is 24.4 Å². The highest BCUT2D eigenvalue weighted by atomic mass is 31.1.